The zero-order valence-corrected chi connectivity index (χ0v) is 8.88. The van der Waals surface area contributed by atoms with Crippen LogP contribution in [0.15, 0.2) is 23.2 Å². The molecule has 0 atom stereocenters. The maximum Gasteiger partial charge on any atom is 0.127 e. The summed E-state index contributed by atoms with van der Waals surface area (Å²) in [5.41, 5.74) is 12.8. The predicted molar refractivity (Wildman–Crippen MR) is 61.7 cm³/mol. The van der Waals surface area contributed by atoms with Crippen molar-refractivity contribution in [1.29, 1.82) is 0 Å². The van der Waals surface area contributed by atoms with E-state index in [0.29, 0.717) is 28.7 Å². The summed E-state index contributed by atoms with van der Waals surface area (Å²) in [5.74, 6) is 0.451. The van der Waals surface area contributed by atoms with Gasteiger partial charge in [-0.15, -0.1) is 0 Å². The van der Waals surface area contributed by atoms with Gasteiger partial charge in [-0.3, -0.25) is 4.99 Å². The monoisotopic (exact) mass is 211 g/mol. The normalized spacial score (nSPS) is 11.7. The molecule has 4 heteroatoms. The number of nitrogens with zero attached hydrogens (tertiary/aromatic N) is 1. The van der Waals surface area contributed by atoms with Crippen LogP contribution in [0.3, 0.4) is 0 Å². The van der Waals surface area contributed by atoms with Crippen LogP contribution in [-0.2, 0) is 0 Å². The Kier molecular flexibility index (Phi) is 3.77. The zero-order valence-electron chi connectivity index (χ0n) is 8.13. The maximum atomic E-state index is 5.83. The molecule has 0 unspecified atom stereocenters. The van der Waals surface area contributed by atoms with Crippen LogP contribution in [0.1, 0.15) is 18.9 Å². The molecule has 0 heterocycles. The van der Waals surface area contributed by atoms with Gasteiger partial charge in [0.05, 0.1) is 0 Å². The largest absolute Gasteiger partial charge is 0.398 e. The van der Waals surface area contributed by atoms with E-state index < -0.39 is 0 Å². The predicted octanol–water partition coefficient (Wildman–Crippen LogP) is 2.04. The average molecular weight is 212 g/mol. The lowest BCUT2D eigenvalue weighted by atomic mass is 10.1. The summed E-state index contributed by atoms with van der Waals surface area (Å²) in [6, 6.07) is 5.19. The van der Waals surface area contributed by atoms with Gasteiger partial charge in [0.1, 0.15) is 5.84 Å². The lowest BCUT2D eigenvalue weighted by Gasteiger charge is -2.05. The van der Waals surface area contributed by atoms with Crippen LogP contribution in [0.2, 0.25) is 5.02 Å². The van der Waals surface area contributed by atoms with E-state index in [0.717, 1.165) is 6.42 Å². The number of nitrogen functional groups attached to an aromatic ring is 1. The third-order valence-corrected chi connectivity index (χ3v) is 2.03. The molecular weight excluding hydrogens is 198 g/mol. The minimum absolute atomic E-state index is 0.451. The fourth-order valence-electron chi connectivity index (χ4n) is 1.07. The quantitative estimate of drug-likeness (QED) is 0.457. The molecule has 0 aromatic heterocycles. The summed E-state index contributed by atoms with van der Waals surface area (Å²) < 4.78 is 0. The number of hydrogen-bond donors (Lipinski definition) is 2. The average Bonchev–Trinajstić information content (AvgIpc) is 2.18. The molecule has 0 aliphatic heterocycles. The first kappa shape index (κ1) is 10.9. The molecule has 1 rings (SSSR count). The van der Waals surface area contributed by atoms with Crippen molar-refractivity contribution in [3.05, 3.63) is 28.8 Å². The lowest BCUT2D eigenvalue weighted by Crippen LogP contribution is -2.16. The molecule has 3 nitrogen and oxygen atoms in total. The van der Waals surface area contributed by atoms with Crippen molar-refractivity contribution in [2.24, 2.45) is 10.7 Å². The van der Waals surface area contributed by atoms with Crippen molar-refractivity contribution in [3.8, 4) is 0 Å². The van der Waals surface area contributed by atoms with Crippen molar-refractivity contribution in [1.82, 2.24) is 0 Å². The number of hydrogen-bond acceptors (Lipinski definition) is 2. The number of rotatable bonds is 3. The first-order valence-corrected chi connectivity index (χ1v) is 4.88. The second kappa shape index (κ2) is 4.86. The summed E-state index contributed by atoms with van der Waals surface area (Å²) >= 11 is 5.83. The van der Waals surface area contributed by atoms with Crippen LogP contribution in [-0.4, -0.2) is 12.4 Å². The Morgan fingerprint density at radius 1 is 1.50 bits per heavy atom. The first-order chi connectivity index (χ1) is 6.65. The van der Waals surface area contributed by atoms with E-state index in [9.17, 15) is 0 Å². The van der Waals surface area contributed by atoms with Crippen LogP contribution in [0.4, 0.5) is 5.69 Å². The fraction of sp³-hybridized carbons (Fsp3) is 0.300. The van der Waals surface area contributed by atoms with Crippen molar-refractivity contribution >= 4 is 23.1 Å². The standard InChI is InChI=1S/C10H14ClN3/c1-2-5-14-10(13)8-6-7(11)3-4-9(8)12/h3-4,6H,2,5,12H2,1H3,(H2,13,14). The molecule has 0 radical (unpaired) electrons. The number of benzene rings is 1. The first-order valence-electron chi connectivity index (χ1n) is 4.50. The van der Waals surface area contributed by atoms with E-state index in [-0.39, 0.29) is 0 Å². The highest BCUT2D eigenvalue weighted by Crippen LogP contribution is 2.17. The maximum absolute atomic E-state index is 5.83. The number of nitrogens with two attached hydrogens (primary N) is 2. The van der Waals surface area contributed by atoms with Gasteiger partial charge in [0.2, 0.25) is 0 Å². The van der Waals surface area contributed by atoms with E-state index >= 15 is 0 Å². The van der Waals surface area contributed by atoms with Gasteiger partial charge >= 0.3 is 0 Å². The molecule has 1 aromatic carbocycles. The molecule has 14 heavy (non-hydrogen) atoms. The summed E-state index contributed by atoms with van der Waals surface area (Å²) in [6.07, 6.45) is 0.959. The van der Waals surface area contributed by atoms with Gasteiger partial charge in [-0.25, -0.2) is 0 Å². The molecular formula is C10H14ClN3. The highest BCUT2D eigenvalue weighted by Gasteiger charge is 2.03. The molecule has 0 aliphatic carbocycles. The number of anilines is 1. The molecule has 0 aliphatic rings. The smallest absolute Gasteiger partial charge is 0.127 e. The molecule has 0 saturated carbocycles. The highest BCUT2D eigenvalue weighted by molar-refractivity contribution is 6.31. The van der Waals surface area contributed by atoms with E-state index in [4.69, 9.17) is 23.1 Å². The minimum atomic E-state index is 0.451. The van der Waals surface area contributed by atoms with Crippen LogP contribution >= 0.6 is 11.6 Å². The van der Waals surface area contributed by atoms with Crippen LogP contribution < -0.4 is 11.5 Å². The fourth-order valence-corrected chi connectivity index (χ4v) is 1.24. The summed E-state index contributed by atoms with van der Waals surface area (Å²) in [5, 5.41) is 0.615. The molecule has 1 aromatic rings. The van der Waals surface area contributed by atoms with Crippen molar-refractivity contribution in [3.63, 3.8) is 0 Å². The Balaban J connectivity index is 2.99. The van der Waals surface area contributed by atoms with E-state index in [1.165, 1.54) is 0 Å². The van der Waals surface area contributed by atoms with Crippen molar-refractivity contribution in [2.75, 3.05) is 12.3 Å². The van der Waals surface area contributed by atoms with Gasteiger partial charge in [0.25, 0.3) is 0 Å². The summed E-state index contributed by atoms with van der Waals surface area (Å²) in [6.45, 7) is 2.75. The highest BCUT2D eigenvalue weighted by atomic mass is 35.5. The molecule has 0 spiro atoms. The summed E-state index contributed by atoms with van der Waals surface area (Å²) in [4.78, 5) is 4.17. The van der Waals surface area contributed by atoms with Crippen LogP contribution in [0.5, 0.6) is 0 Å². The van der Waals surface area contributed by atoms with E-state index in [2.05, 4.69) is 4.99 Å². The van der Waals surface area contributed by atoms with E-state index in [1.54, 1.807) is 18.2 Å². The van der Waals surface area contributed by atoms with Gasteiger partial charge in [0.15, 0.2) is 0 Å². The second-order valence-corrected chi connectivity index (χ2v) is 3.43. The van der Waals surface area contributed by atoms with E-state index in [1.807, 2.05) is 6.92 Å². The Hall–Kier alpha value is -1.22. The number of halogens is 1. The van der Waals surface area contributed by atoms with Crippen molar-refractivity contribution in [2.45, 2.75) is 13.3 Å². The molecule has 4 N–H and O–H groups in total. The van der Waals surface area contributed by atoms with Crippen LogP contribution in [0.25, 0.3) is 0 Å². The molecule has 0 saturated heterocycles. The zero-order chi connectivity index (χ0) is 10.6. The van der Waals surface area contributed by atoms with Gasteiger partial charge < -0.3 is 11.5 Å². The SMILES string of the molecule is CCCN=C(N)c1cc(Cl)ccc1N. The van der Waals surface area contributed by atoms with Gasteiger partial charge in [-0.05, 0) is 24.6 Å². The third-order valence-electron chi connectivity index (χ3n) is 1.80. The van der Waals surface area contributed by atoms with Gasteiger partial charge in [-0.2, -0.15) is 0 Å². The topological polar surface area (TPSA) is 64.4 Å². The van der Waals surface area contributed by atoms with Crippen LogP contribution in [0, 0.1) is 0 Å². The number of aliphatic imine (C=N–C) groups is 1. The third kappa shape index (κ3) is 2.64. The second-order valence-electron chi connectivity index (χ2n) is 3.00. The molecule has 0 amide bonds. The molecule has 0 fully saturated rings. The Labute approximate surface area is 88.8 Å². The van der Waals surface area contributed by atoms with Gasteiger partial charge in [-0.1, -0.05) is 18.5 Å². The lowest BCUT2D eigenvalue weighted by molar-refractivity contribution is 0.930. The molecule has 76 valence electrons. The van der Waals surface area contributed by atoms with Crippen molar-refractivity contribution < 1.29 is 0 Å². The number of amidine groups is 1. The molecule has 0 bridgehead atoms. The Bertz CT molecular complexity index is 347. The Morgan fingerprint density at radius 2 is 2.21 bits per heavy atom. The Morgan fingerprint density at radius 3 is 2.86 bits per heavy atom. The minimum Gasteiger partial charge on any atom is -0.398 e. The summed E-state index contributed by atoms with van der Waals surface area (Å²) in [7, 11) is 0. The van der Waals surface area contributed by atoms with Gasteiger partial charge in [0, 0.05) is 22.8 Å².